The number of amides is 1. The van der Waals surface area contributed by atoms with E-state index in [1.54, 1.807) is 18.2 Å². The largest absolute Gasteiger partial charge is 0.370 e. The van der Waals surface area contributed by atoms with Crippen LogP contribution in [0.1, 0.15) is 22.0 Å². The molecule has 23 heavy (non-hydrogen) atoms. The van der Waals surface area contributed by atoms with Crippen LogP contribution in [0.5, 0.6) is 0 Å². The Morgan fingerprint density at radius 3 is 2.83 bits per heavy atom. The zero-order chi connectivity index (χ0) is 15.6. The number of hydrogen-bond acceptors (Lipinski definition) is 4. The van der Waals surface area contributed by atoms with Gasteiger partial charge in [-0.15, -0.1) is 0 Å². The standard InChI is InChI=1S/C17H16N4O2/c22-17(13-6-7-14-15(10-13)19-20-18-14)21-8-9-23-16(11-21)12-4-2-1-3-5-12/h1-7,10,16H,8-9,11H2,(H,18,19,20)/t16-/m0/s1. The monoisotopic (exact) mass is 308 g/mol. The number of carbonyl (C=O) groups is 1. The molecule has 4 rings (SSSR count). The molecule has 1 atom stereocenters. The predicted molar refractivity (Wildman–Crippen MR) is 84.9 cm³/mol. The number of nitrogens with zero attached hydrogens (tertiary/aromatic N) is 3. The molecule has 1 aromatic heterocycles. The van der Waals surface area contributed by atoms with E-state index in [0.29, 0.717) is 30.8 Å². The maximum atomic E-state index is 12.8. The summed E-state index contributed by atoms with van der Waals surface area (Å²) in [6.45, 7) is 1.69. The first-order chi connectivity index (χ1) is 11.3. The number of ether oxygens (including phenoxy) is 1. The fourth-order valence-corrected chi connectivity index (χ4v) is 2.86. The molecular weight excluding hydrogens is 292 g/mol. The molecule has 2 aromatic carbocycles. The average Bonchev–Trinajstić information content (AvgIpc) is 3.09. The highest BCUT2D eigenvalue weighted by molar-refractivity contribution is 5.97. The summed E-state index contributed by atoms with van der Waals surface area (Å²) in [4.78, 5) is 14.6. The summed E-state index contributed by atoms with van der Waals surface area (Å²) in [5.41, 5.74) is 3.17. The Hall–Kier alpha value is -2.73. The lowest BCUT2D eigenvalue weighted by Crippen LogP contribution is -2.42. The highest BCUT2D eigenvalue weighted by Gasteiger charge is 2.26. The SMILES string of the molecule is O=C(c1ccc2n[nH]nc2c1)N1CCO[C@H](c2ccccc2)C1. The lowest BCUT2D eigenvalue weighted by Gasteiger charge is -2.33. The summed E-state index contributed by atoms with van der Waals surface area (Å²) in [5, 5.41) is 10.6. The van der Waals surface area contributed by atoms with E-state index in [0.717, 1.165) is 11.1 Å². The third kappa shape index (κ3) is 2.68. The summed E-state index contributed by atoms with van der Waals surface area (Å²) in [7, 11) is 0. The van der Waals surface area contributed by atoms with E-state index >= 15 is 0 Å². The summed E-state index contributed by atoms with van der Waals surface area (Å²) < 4.78 is 5.82. The molecule has 1 N–H and O–H groups in total. The third-order valence-electron chi connectivity index (χ3n) is 4.09. The van der Waals surface area contributed by atoms with Crippen LogP contribution in [0.3, 0.4) is 0 Å². The molecule has 0 bridgehead atoms. The molecule has 116 valence electrons. The molecule has 0 unspecified atom stereocenters. The van der Waals surface area contributed by atoms with Gasteiger partial charge in [-0.1, -0.05) is 30.3 Å². The van der Waals surface area contributed by atoms with Gasteiger partial charge in [0, 0.05) is 12.1 Å². The lowest BCUT2D eigenvalue weighted by atomic mass is 10.1. The molecule has 0 radical (unpaired) electrons. The minimum atomic E-state index is -0.0790. The van der Waals surface area contributed by atoms with Crippen LogP contribution >= 0.6 is 0 Å². The quantitative estimate of drug-likeness (QED) is 0.787. The Kier molecular flexibility index (Phi) is 3.51. The molecule has 1 fully saturated rings. The normalized spacial score (nSPS) is 18.3. The van der Waals surface area contributed by atoms with Crippen LogP contribution in [-0.4, -0.2) is 45.9 Å². The molecule has 1 amide bonds. The van der Waals surface area contributed by atoms with Crippen molar-refractivity contribution in [2.24, 2.45) is 0 Å². The number of fused-ring (bicyclic) bond motifs is 1. The number of aromatic amines is 1. The van der Waals surface area contributed by atoms with Crippen molar-refractivity contribution in [3.63, 3.8) is 0 Å². The zero-order valence-corrected chi connectivity index (χ0v) is 12.5. The summed E-state index contributed by atoms with van der Waals surface area (Å²) in [6.07, 6.45) is -0.0790. The van der Waals surface area contributed by atoms with E-state index in [1.165, 1.54) is 0 Å². The van der Waals surface area contributed by atoms with Crippen molar-refractivity contribution < 1.29 is 9.53 Å². The van der Waals surface area contributed by atoms with Crippen molar-refractivity contribution >= 4 is 16.9 Å². The second-order valence-electron chi connectivity index (χ2n) is 5.55. The van der Waals surface area contributed by atoms with Gasteiger partial charge in [0.15, 0.2) is 0 Å². The number of hydrogen-bond donors (Lipinski definition) is 1. The van der Waals surface area contributed by atoms with Crippen molar-refractivity contribution in [3.05, 3.63) is 59.7 Å². The van der Waals surface area contributed by atoms with Crippen LogP contribution in [0.4, 0.5) is 0 Å². The fourth-order valence-electron chi connectivity index (χ4n) is 2.86. The molecular formula is C17H16N4O2. The molecule has 2 heterocycles. The average molecular weight is 308 g/mol. The van der Waals surface area contributed by atoms with E-state index in [-0.39, 0.29) is 12.0 Å². The van der Waals surface area contributed by atoms with E-state index in [9.17, 15) is 4.79 Å². The topological polar surface area (TPSA) is 71.1 Å². The van der Waals surface area contributed by atoms with Crippen LogP contribution in [0.25, 0.3) is 11.0 Å². The molecule has 1 aliphatic heterocycles. The Labute approximate surface area is 133 Å². The van der Waals surface area contributed by atoms with Crippen molar-refractivity contribution in [3.8, 4) is 0 Å². The number of morpholine rings is 1. The van der Waals surface area contributed by atoms with Crippen LogP contribution in [0.2, 0.25) is 0 Å². The number of benzene rings is 2. The molecule has 1 saturated heterocycles. The van der Waals surface area contributed by atoms with Crippen molar-refractivity contribution in [2.75, 3.05) is 19.7 Å². The van der Waals surface area contributed by atoms with Gasteiger partial charge in [-0.05, 0) is 23.8 Å². The Morgan fingerprint density at radius 1 is 1.13 bits per heavy atom. The number of aromatic nitrogens is 3. The van der Waals surface area contributed by atoms with Gasteiger partial charge < -0.3 is 9.64 Å². The van der Waals surface area contributed by atoms with Gasteiger partial charge in [0.2, 0.25) is 0 Å². The zero-order valence-electron chi connectivity index (χ0n) is 12.5. The van der Waals surface area contributed by atoms with Crippen LogP contribution in [0, 0.1) is 0 Å². The van der Waals surface area contributed by atoms with E-state index in [1.807, 2.05) is 35.2 Å². The van der Waals surface area contributed by atoms with E-state index < -0.39 is 0 Å². The maximum Gasteiger partial charge on any atom is 0.254 e. The van der Waals surface area contributed by atoms with Crippen LogP contribution in [0.15, 0.2) is 48.5 Å². The molecule has 0 aliphatic carbocycles. The van der Waals surface area contributed by atoms with Gasteiger partial charge in [-0.25, -0.2) is 0 Å². The highest BCUT2D eigenvalue weighted by atomic mass is 16.5. The smallest absolute Gasteiger partial charge is 0.254 e. The van der Waals surface area contributed by atoms with Gasteiger partial charge in [0.1, 0.15) is 17.1 Å². The number of rotatable bonds is 2. The molecule has 6 heteroatoms. The molecule has 1 aliphatic rings. The van der Waals surface area contributed by atoms with Gasteiger partial charge in [0.25, 0.3) is 5.91 Å². The van der Waals surface area contributed by atoms with Crippen molar-refractivity contribution in [2.45, 2.75) is 6.10 Å². The van der Waals surface area contributed by atoms with E-state index in [2.05, 4.69) is 15.4 Å². The third-order valence-corrected chi connectivity index (χ3v) is 4.09. The first-order valence-electron chi connectivity index (χ1n) is 7.57. The predicted octanol–water partition coefficient (Wildman–Crippen LogP) is 2.17. The Balaban J connectivity index is 1.55. The number of H-pyrrole nitrogens is 1. The van der Waals surface area contributed by atoms with Gasteiger partial charge in [-0.2, -0.15) is 15.4 Å². The maximum absolute atomic E-state index is 12.8. The molecule has 3 aromatic rings. The first-order valence-corrected chi connectivity index (χ1v) is 7.57. The summed E-state index contributed by atoms with van der Waals surface area (Å²) in [6, 6.07) is 15.4. The van der Waals surface area contributed by atoms with E-state index in [4.69, 9.17) is 4.74 Å². The minimum absolute atomic E-state index is 0.000805. The number of nitrogens with one attached hydrogen (secondary N) is 1. The second-order valence-corrected chi connectivity index (χ2v) is 5.55. The van der Waals surface area contributed by atoms with Crippen LogP contribution in [-0.2, 0) is 4.74 Å². The second kappa shape index (κ2) is 5.81. The van der Waals surface area contributed by atoms with Crippen molar-refractivity contribution in [1.82, 2.24) is 20.3 Å². The molecule has 6 nitrogen and oxygen atoms in total. The highest BCUT2D eigenvalue weighted by Crippen LogP contribution is 2.23. The molecule has 0 saturated carbocycles. The summed E-state index contributed by atoms with van der Waals surface area (Å²) in [5.74, 6) is -0.000805. The van der Waals surface area contributed by atoms with Gasteiger partial charge in [0.05, 0.1) is 13.2 Å². The fraction of sp³-hybridized carbons (Fsp3) is 0.235. The Bertz CT molecular complexity index is 831. The first kappa shape index (κ1) is 13.9. The Morgan fingerprint density at radius 2 is 1.96 bits per heavy atom. The van der Waals surface area contributed by atoms with Gasteiger partial charge in [-0.3, -0.25) is 4.79 Å². The van der Waals surface area contributed by atoms with Gasteiger partial charge >= 0.3 is 0 Å². The minimum Gasteiger partial charge on any atom is -0.370 e. The molecule has 0 spiro atoms. The number of carbonyl (C=O) groups excluding carboxylic acids is 1. The van der Waals surface area contributed by atoms with Crippen LogP contribution < -0.4 is 0 Å². The summed E-state index contributed by atoms with van der Waals surface area (Å²) >= 11 is 0. The lowest BCUT2D eigenvalue weighted by molar-refractivity contribution is -0.0228. The van der Waals surface area contributed by atoms with Crippen molar-refractivity contribution in [1.29, 1.82) is 0 Å².